The van der Waals surface area contributed by atoms with Gasteiger partial charge in [-0.05, 0) is 22.7 Å². The van der Waals surface area contributed by atoms with E-state index in [4.69, 9.17) is 51.6 Å². The van der Waals surface area contributed by atoms with E-state index >= 15 is 0 Å². The van der Waals surface area contributed by atoms with Gasteiger partial charge in [-0.2, -0.15) is 0 Å². The maximum absolute atomic E-state index is 12.4. The number of ether oxygens (including phenoxy) is 9. The number of hydrogen-bond donors (Lipinski definition) is 0. The predicted octanol–water partition coefficient (Wildman–Crippen LogP) is 1.10. The highest BCUT2D eigenvalue weighted by atomic mass is 31.1. The lowest BCUT2D eigenvalue weighted by Crippen LogP contribution is -2.67. The van der Waals surface area contributed by atoms with E-state index in [1.807, 2.05) is 33.9 Å². The predicted molar refractivity (Wildman–Crippen MR) is 168 cm³/mol. The Hall–Kier alpha value is -3.10. The second-order valence-corrected chi connectivity index (χ2v) is 18.7. The fourth-order valence-electron chi connectivity index (χ4n) is 4.95. The lowest BCUT2D eigenvalue weighted by molar-refractivity contribution is -0.356. The van der Waals surface area contributed by atoms with Crippen molar-refractivity contribution < 1.29 is 89.8 Å². The van der Waals surface area contributed by atoms with Crippen molar-refractivity contribution in [3.63, 3.8) is 0 Å². The smallest absolute Gasteiger partial charge is 0.491 e. The summed E-state index contributed by atoms with van der Waals surface area (Å²) in [4.78, 5) is 85.2. The highest BCUT2D eigenvalue weighted by molar-refractivity contribution is 7.30. The van der Waals surface area contributed by atoms with Gasteiger partial charge in [0.1, 0.15) is 24.9 Å². The molecule has 2 aliphatic heterocycles. The summed E-state index contributed by atoms with van der Waals surface area (Å²) in [5, 5.41) is -0.288. The van der Waals surface area contributed by atoms with Crippen LogP contribution in [0.4, 0.5) is 0 Å². The van der Waals surface area contributed by atoms with Crippen LogP contribution >= 0.6 is 8.25 Å². The third-order valence-corrected chi connectivity index (χ3v) is 12.9. The number of rotatable bonds is 14. The zero-order chi connectivity index (χ0) is 39.0. The minimum Gasteiger partial charge on any atom is -0.566 e. The Morgan fingerprint density at radius 1 is 0.608 bits per heavy atom. The summed E-state index contributed by atoms with van der Waals surface area (Å²) in [6.45, 7) is 15.2. The molecule has 0 aromatic rings. The van der Waals surface area contributed by atoms with Gasteiger partial charge in [0.15, 0.2) is 45.1 Å². The highest BCUT2D eigenvalue weighted by Gasteiger charge is 2.58. The molecule has 2 rings (SSSR count). The van der Waals surface area contributed by atoms with Crippen molar-refractivity contribution in [2.75, 3.05) is 13.2 Å². The van der Waals surface area contributed by atoms with E-state index in [0.717, 1.165) is 41.5 Å². The minimum absolute atomic E-state index is 0.243. The summed E-state index contributed by atoms with van der Waals surface area (Å²) >= 11 is 0. The van der Waals surface area contributed by atoms with Crippen LogP contribution in [0.1, 0.15) is 62.3 Å². The van der Waals surface area contributed by atoms with Crippen LogP contribution in [0.3, 0.4) is 0 Å². The topological polar surface area (TPSA) is 244 Å². The normalized spacial score (nSPS) is 29.9. The Kier molecular flexibility index (Phi) is 16.1. The van der Waals surface area contributed by atoms with E-state index in [2.05, 4.69) is 0 Å². The standard InChI is InChI=1S/C30H47O19PSi/c1-14(31)39-12-20-23(25(43-17(4)34)27(45-19(6)36)29(47-20)49-50(37)38)48-28-26(44-18(5)35)24(42-16(3)33)22(41-15(2)32)21(46-28)13-40-51(10,11)30(7,8)9/h20-29H,12-13H2,1-11H3/t20-,21-,22+,23-,24+,25+,26-,27+,28+,29-/m1/s1. The van der Waals surface area contributed by atoms with E-state index < -0.39 is 120 Å². The Morgan fingerprint density at radius 2 is 1.00 bits per heavy atom. The van der Waals surface area contributed by atoms with Gasteiger partial charge in [-0.3, -0.25) is 28.8 Å². The minimum atomic E-state index is -3.65. The first-order chi connectivity index (χ1) is 23.4. The molecule has 2 fully saturated rings. The number of hydrogen-bond acceptors (Lipinski definition) is 19. The van der Waals surface area contributed by atoms with Crippen molar-refractivity contribution in [2.45, 2.75) is 142 Å². The number of esters is 6. The lowest BCUT2D eigenvalue weighted by Gasteiger charge is -2.48. The molecule has 51 heavy (non-hydrogen) atoms. The van der Waals surface area contributed by atoms with Gasteiger partial charge in [0.2, 0.25) is 0 Å². The molecule has 0 N–H and O–H groups in total. The molecule has 19 nitrogen and oxygen atoms in total. The molecule has 0 bridgehead atoms. The maximum atomic E-state index is 12.4. The van der Waals surface area contributed by atoms with E-state index in [-0.39, 0.29) is 11.6 Å². The van der Waals surface area contributed by atoms with Gasteiger partial charge in [-0.15, -0.1) is 4.52 Å². The molecule has 0 aliphatic carbocycles. The van der Waals surface area contributed by atoms with Gasteiger partial charge >= 0.3 is 44.1 Å². The van der Waals surface area contributed by atoms with Gasteiger partial charge in [0, 0.05) is 41.5 Å². The lowest BCUT2D eigenvalue weighted by atomic mass is 9.96. The van der Waals surface area contributed by atoms with Crippen LogP contribution in [0.25, 0.3) is 0 Å². The van der Waals surface area contributed by atoms with E-state index in [1.54, 1.807) is 0 Å². The molecule has 2 heterocycles. The van der Waals surface area contributed by atoms with Crippen molar-refractivity contribution in [3.8, 4) is 0 Å². The van der Waals surface area contributed by atoms with E-state index in [1.165, 1.54) is 0 Å². The molecule has 2 aliphatic rings. The Bertz CT molecular complexity index is 1300. The average Bonchev–Trinajstić information content (AvgIpc) is 2.95. The van der Waals surface area contributed by atoms with Crippen LogP contribution in [0.5, 0.6) is 0 Å². The fraction of sp³-hybridized carbons (Fsp3) is 0.800. The van der Waals surface area contributed by atoms with Crippen molar-refractivity contribution in [1.82, 2.24) is 0 Å². The molecule has 0 aromatic carbocycles. The zero-order valence-electron chi connectivity index (χ0n) is 30.4. The quantitative estimate of drug-likeness (QED) is 0.104. The Morgan fingerprint density at radius 3 is 1.43 bits per heavy atom. The molecule has 0 amide bonds. The molecule has 0 aromatic heterocycles. The second kappa shape index (κ2) is 18.6. The second-order valence-electron chi connectivity index (χ2n) is 13.3. The zero-order valence-corrected chi connectivity index (χ0v) is 32.3. The summed E-state index contributed by atoms with van der Waals surface area (Å²) in [5.74, 6) is -5.31. The first-order valence-electron chi connectivity index (χ1n) is 15.8. The first-order valence-corrected chi connectivity index (χ1v) is 19.8. The van der Waals surface area contributed by atoms with E-state index in [9.17, 15) is 38.2 Å². The number of carbonyl (C=O) groups excluding carboxylic acids is 6. The summed E-state index contributed by atoms with van der Waals surface area (Å²) in [5.41, 5.74) is 0. The summed E-state index contributed by atoms with van der Waals surface area (Å²) < 4.78 is 73.6. The van der Waals surface area contributed by atoms with Crippen LogP contribution in [0.2, 0.25) is 18.1 Å². The average molecular weight is 771 g/mol. The largest absolute Gasteiger partial charge is 0.566 e. The molecular formula is C30H47O19PSi. The van der Waals surface area contributed by atoms with Crippen LogP contribution in [0, 0.1) is 0 Å². The third kappa shape index (κ3) is 13.1. The summed E-state index contributed by atoms with van der Waals surface area (Å²) in [6, 6.07) is 0. The molecule has 290 valence electrons. The summed E-state index contributed by atoms with van der Waals surface area (Å²) in [7, 11) is -6.17. The van der Waals surface area contributed by atoms with Gasteiger partial charge in [0.25, 0.3) is 6.29 Å². The van der Waals surface area contributed by atoms with Crippen LogP contribution in [-0.4, -0.2) is 119 Å². The fourth-order valence-corrected chi connectivity index (χ4v) is 6.30. The Labute approximate surface area is 297 Å². The molecule has 21 heteroatoms. The molecule has 2 saturated heterocycles. The van der Waals surface area contributed by atoms with Gasteiger partial charge in [-0.25, -0.2) is 0 Å². The molecule has 0 radical (unpaired) electrons. The van der Waals surface area contributed by atoms with Crippen LogP contribution in [0.15, 0.2) is 0 Å². The highest BCUT2D eigenvalue weighted by Crippen LogP contribution is 2.39. The van der Waals surface area contributed by atoms with Crippen LogP contribution < -0.4 is 4.89 Å². The van der Waals surface area contributed by atoms with Gasteiger partial charge in [0.05, 0.1) is 6.61 Å². The summed E-state index contributed by atoms with van der Waals surface area (Å²) in [6.07, 6.45) is -16.4. The molecule has 1 unspecified atom stereocenters. The third-order valence-electron chi connectivity index (χ3n) is 8.04. The van der Waals surface area contributed by atoms with Crippen molar-refractivity contribution >= 4 is 52.4 Å². The monoisotopic (exact) mass is 770 g/mol. The number of carbonyl (C=O) groups is 6. The van der Waals surface area contributed by atoms with E-state index in [0.29, 0.717) is 0 Å². The van der Waals surface area contributed by atoms with Crippen LogP contribution in [-0.2, 0) is 84.9 Å². The van der Waals surface area contributed by atoms with Crippen molar-refractivity contribution in [2.24, 2.45) is 0 Å². The molecule has 11 atom stereocenters. The van der Waals surface area contributed by atoms with Gasteiger partial charge < -0.3 is 52.0 Å². The first kappa shape index (κ1) is 44.1. The SMILES string of the molecule is CC(=O)OC[C@H]1O[C@H](O[P+](=O)[O-])[C@@H](OC(C)=O)[C@@H](OC(C)=O)[C@@H]1O[C@@H]1O[C@H](CO[Si](C)(C)C(C)(C)C)[C@H](OC(C)=O)[C@H](OC(C)=O)[C@H]1OC(C)=O. The van der Waals surface area contributed by atoms with Gasteiger partial charge in [-0.1, -0.05) is 20.8 Å². The molecular weight excluding hydrogens is 723 g/mol. The molecule has 0 spiro atoms. The van der Waals surface area contributed by atoms with Crippen molar-refractivity contribution in [1.29, 1.82) is 0 Å². The Balaban J connectivity index is 2.78. The maximum Gasteiger partial charge on any atom is 0.491 e. The van der Waals surface area contributed by atoms with Crippen molar-refractivity contribution in [3.05, 3.63) is 0 Å². The molecule has 0 saturated carbocycles.